The molecule has 3 N–H and O–H groups in total. The Morgan fingerprint density at radius 3 is 2.86 bits per heavy atom. The largest absolute Gasteiger partial charge is 0.463 e. The van der Waals surface area contributed by atoms with E-state index >= 15 is 0 Å². The Balaban J connectivity index is 2.09. The summed E-state index contributed by atoms with van der Waals surface area (Å²) in [6.45, 7) is 4.63. The van der Waals surface area contributed by atoms with Gasteiger partial charge in [-0.2, -0.15) is 15.0 Å². The Bertz CT molecular complexity index is 456. The molecule has 0 bridgehead atoms. The van der Waals surface area contributed by atoms with Gasteiger partial charge in [-0.05, 0) is 32.9 Å². The summed E-state index contributed by atoms with van der Waals surface area (Å²) in [6.07, 6.45) is 3.34. The van der Waals surface area contributed by atoms with Gasteiger partial charge in [-0.3, -0.25) is 5.43 Å². The van der Waals surface area contributed by atoms with Crippen molar-refractivity contribution in [2.75, 3.05) is 44.1 Å². The minimum Gasteiger partial charge on any atom is -0.463 e. The number of nitrogens with two attached hydrogens (primary N) is 1. The molecule has 8 heteroatoms. The standard InChI is InChI=1S/C13H25N7O/c1-4-8-21-13-16-11(18-14)15-12(17-13)20(3)9-10-6-5-7-19(10)2/h10H,4-9,14H2,1-3H3,(H,15,16,17,18). The summed E-state index contributed by atoms with van der Waals surface area (Å²) in [5, 5.41) is 0. The zero-order valence-electron chi connectivity index (χ0n) is 13.0. The Morgan fingerprint density at radius 1 is 1.43 bits per heavy atom. The third-order valence-corrected chi connectivity index (χ3v) is 3.67. The van der Waals surface area contributed by atoms with Crippen LogP contribution in [0.2, 0.25) is 0 Å². The fraction of sp³-hybridized carbons (Fsp3) is 0.769. The second-order valence-corrected chi connectivity index (χ2v) is 5.39. The molecule has 2 rings (SSSR count). The molecule has 21 heavy (non-hydrogen) atoms. The molecule has 1 saturated heterocycles. The van der Waals surface area contributed by atoms with Crippen molar-refractivity contribution >= 4 is 11.9 Å². The van der Waals surface area contributed by atoms with Crippen LogP contribution in [0.15, 0.2) is 0 Å². The number of hydrogen-bond acceptors (Lipinski definition) is 8. The Morgan fingerprint density at radius 2 is 2.24 bits per heavy atom. The molecule has 0 spiro atoms. The maximum Gasteiger partial charge on any atom is 0.323 e. The van der Waals surface area contributed by atoms with Gasteiger partial charge in [-0.25, -0.2) is 5.84 Å². The first kappa shape index (κ1) is 15.7. The van der Waals surface area contributed by atoms with E-state index in [1.165, 1.54) is 12.8 Å². The SMILES string of the molecule is CCCOc1nc(NN)nc(N(C)CC2CCCN2C)n1. The van der Waals surface area contributed by atoms with Crippen molar-refractivity contribution in [3.8, 4) is 6.01 Å². The number of hydrogen-bond donors (Lipinski definition) is 2. The number of nitrogens with one attached hydrogen (secondary N) is 1. The van der Waals surface area contributed by atoms with E-state index in [2.05, 4.69) is 32.3 Å². The fourth-order valence-electron chi connectivity index (χ4n) is 2.45. The van der Waals surface area contributed by atoms with Crippen LogP contribution in [0.5, 0.6) is 6.01 Å². The number of likely N-dealkylation sites (N-methyl/N-ethyl adjacent to an activating group) is 2. The lowest BCUT2D eigenvalue weighted by Crippen LogP contribution is -2.37. The summed E-state index contributed by atoms with van der Waals surface area (Å²) < 4.78 is 5.48. The molecule has 2 heterocycles. The third kappa shape index (κ3) is 4.15. The van der Waals surface area contributed by atoms with Crippen LogP contribution in [-0.4, -0.2) is 59.7 Å². The van der Waals surface area contributed by atoms with Crippen LogP contribution in [0.4, 0.5) is 11.9 Å². The lowest BCUT2D eigenvalue weighted by molar-refractivity contribution is 0.291. The molecule has 1 fully saturated rings. The molecule has 0 aliphatic carbocycles. The number of aromatic nitrogens is 3. The van der Waals surface area contributed by atoms with E-state index in [4.69, 9.17) is 10.6 Å². The Hall–Kier alpha value is -1.67. The van der Waals surface area contributed by atoms with Crippen LogP contribution < -0.4 is 20.9 Å². The Labute approximate surface area is 125 Å². The highest BCUT2D eigenvalue weighted by Gasteiger charge is 2.23. The van der Waals surface area contributed by atoms with Gasteiger partial charge in [0.05, 0.1) is 6.61 Å². The number of anilines is 2. The van der Waals surface area contributed by atoms with Crippen molar-refractivity contribution in [1.82, 2.24) is 19.9 Å². The molecule has 118 valence electrons. The van der Waals surface area contributed by atoms with E-state index in [0.717, 1.165) is 19.5 Å². The molecule has 1 unspecified atom stereocenters. The van der Waals surface area contributed by atoms with Gasteiger partial charge in [0.25, 0.3) is 0 Å². The summed E-state index contributed by atoms with van der Waals surface area (Å²) in [5.74, 6) is 6.31. The van der Waals surface area contributed by atoms with Gasteiger partial charge in [-0.15, -0.1) is 0 Å². The molecule has 1 aliphatic heterocycles. The van der Waals surface area contributed by atoms with E-state index in [0.29, 0.717) is 30.6 Å². The zero-order valence-corrected chi connectivity index (χ0v) is 13.0. The maximum absolute atomic E-state index is 5.48. The van der Waals surface area contributed by atoms with Crippen LogP contribution in [-0.2, 0) is 0 Å². The van der Waals surface area contributed by atoms with Crippen LogP contribution in [0.3, 0.4) is 0 Å². The topological polar surface area (TPSA) is 92.4 Å². The van der Waals surface area contributed by atoms with Gasteiger partial charge >= 0.3 is 6.01 Å². The third-order valence-electron chi connectivity index (χ3n) is 3.67. The first-order chi connectivity index (χ1) is 10.1. The predicted octanol–water partition coefficient (Wildman–Crippen LogP) is 0.476. The second-order valence-electron chi connectivity index (χ2n) is 5.39. The lowest BCUT2D eigenvalue weighted by Gasteiger charge is -2.26. The van der Waals surface area contributed by atoms with Gasteiger partial charge in [0.1, 0.15) is 0 Å². The number of nitrogen functional groups attached to an aromatic ring is 1. The predicted molar refractivity (Wildman–Crippen MR) is 82.3 cm³/mol. The van der Waals surface area contributed by atoms with Crippen molar-refractivity contribution < 1.29 is 4.74 Å². The highest BCUT2D eigenvalue weighted by Crippen LogP contribution is 2.19. The van der Waals surface area contributed by atoms with Crippen LogP contribution in [0.25, 0.3) is 0 Å². The van der Waals surface area contributed by atoms with Gasteiger partial charge in [0.15, 0.2) is 0 Å². The molecule has 0 aromatic carbocycles. The molecule has 1 aromatic rings. The molecule has 8 nitrogen and oxygen atoms in total. The van der Waals surface area contributed by atoms with Crippen molar-refractivity contribution in [3.05, 3.63) is 0 Å². The lowest BCUT2D eigenvalue weighted by atomic mass is 10.2. The van der Waals surface area contributed by atoms with Gasteiger partial charge in [-0.1, -0.05) is 6.92 Å². The summed E-state index contributed by atoms with van der Waals surface area (Å²) in [6, 6.07) is 0.836. The van der Waals surface area contributed by atoms with Crippen molar-refractivity contribution in [3.63, 3.8) is 0 Å². The Kier molecular flexibility index (Phi) is 5.51. The van der Waals surface area contributed by atoms with E-state index in [1.54, 1.807) is 0 Å². The van der Waals surface area contributed by atoms with Gasteiger partial charge < -0.3 is 14.5 Å². The molecular formula is C13H25N7O. The normalized spacial score (nSPS) is 18.8. The minimum atomic E-state index is 0.307. The minimum absolute atomic E-state index is 0.307. The van der Waals surface area contributed by atoms with E-state index in [1.807, 2.05) is 18.9 Å². The average molecular weight is 295 g/mol. The zero-order chi connectivity index (χ0) is 15.2. The van der Waals surface area contributed by atoms with Crippen LogP contribution in [0.1, 0.15) is 26.2 Å². The summed E-state index contributed by atoms with van der Waals surface area (Å²) in [7, 11) is 4.13. The summed E-state index contributed by atoms with van der Waals surface area (Å²) >= 11 is 0. The fourth-order valence-corrected chi connectivity index (χ4v) is 2.45. The van der Waals surface area contributed by atoms with Crippen molar-refractivity contribution in [2.24, 2.45) is 5.84 Å². The molecule has 0 saturated carbocycles. The molecule has 1 atom stereocenters. The number of nitrogens with zero attached hydrogens (tertiary/aromatic N) is 5. The van der Waals surface area contributed by atoms with E-state index in [-0.39, 0.29) is 0 Å². The van der Waals surface area contributed by atoms with Gasteiger partial charge in [0.2, 0.25) is 11.9 Å². The van der Waals surface area contributed by atoms with Crippen molar-refractivity contribution in [1.29, 1.82) is 0 Å². The first-order valence-corrected chi connectivity index (χ1v) is 7.41. The smallest absolute Gasteiger partial charge is 0.323 e. The number of rotatable bonds is 7. The maximum atomic E-state index is 5.48. The van der Waals surface area contributed by atoms with Crippen LogP contribution >= 0.6 is 0 Å². The average Bonchev–Trinajstić information content (AvgIpc) is 2.90. The number of hydrazine groups is 1. The highest BCUT2D eigenvalue weighted by molar-refractivity contribution is 5.37. The molecule has 0 radical (unpaired) electrons. The van der Waals surface area contributed by atoms with Gasteiger partial charge in [0, 0.05) is 19.6 Å². The molecule has 0 amide bonds. The monoisotopic (exact) mass is 295 g/mol. The van der Waals surface area contributed by atoms with E-state index < -0.39 is 0 Å². The summed E-state index contributed by atoms with van der Waals surface area (Å²) in [5.41, 5.74) is 2.46. The quantitative estimate of drug-likeness (QED) is 0.554. The number of likely N-dealkylation sites (tertiary alicyclic amines) is 1. The molecule has 1 aliphatic rings. The van der Waals surface area contributed by atoms with Crippen molar-refractivity contribution in [2.45, 2.75) is 32.2 Å². The van der Waals surface area contributed by atoms with Crippen LogP contribution in [0, 0.1) is 0 Å². The molecular weight excluding hydrogens is 270 g/mol. The summed E-state index contributed by atoms with van der Waals surface area (Å²) in [4.78, 5) is 17.1. The van der Waals surface area contributed by atoms with E-state index in [9.17, 15) is 0 Å². The highest BCUT2D eigenvalue weighted by atomic mass is 16.5. The second kappa shape index (κ2) is 7.37. The number of ether oxygens (including phenoxy) is 1. The molecule has 1 aromatic heterocycles. The first-order valence-electron chi connectivity index (χ1n) is 7.41.